The molecule has 1 aliphatic rings. The van der Waals surface area contributed by atoms with E-state index in [9.17, 15) is 14.7 Å². The summed E-state index contributed by atoms with van der Waals surface area (Å²) in [5.41, 5.74) is 0.756. The van der Waals surface area contributed by atoms with Crippen LogP contribution in [0.5, 0.6) is 5.75 Å². The zero-order valence-corrected chi connectivity index (χ0v) is 17.3. The molecule has 1 heterocycles. The fourth-order valence-corrected chi connectivity index (χ4v) is 3.38. The van der Waals surface area contributed by atoms with Crippen LogP contribution >= 0.6 is 0 Å². The largest absolute Gasteiger partial charge is 0.503 e. The second-order valence-corrected chi connectivity index (χ2v) is 8.17. The Labute approximate surface area is 171 Å². The van der Waals surface area contributed by atoms with E-state index in [0.29, 0.717) is 12.3 Å². The summed E-state index contributed by atoms with van der Waals surface area (Å²) in [5.74, 6) is -0.577. The molecule has 29 heavy (non-hydrogen) atoms. The molecular weight excluding hydrogens is 366 g/mol. The van der Waals surface area contributed by atoms with Crippen molar-refractivity contribution < 1.29 is 19.4 Å². The van der Waals surface area contributed by atoms with Crippen LogP contribution in [0, 0.1) is 5.41 Å². The minimum Gasteiger partial charge on any atom is -0.503 e. The Morgan fingerprint density at radius 2 is 1.69 bits per heavy atom. The van der Waals surface area contributed by atoms with E-state index in [1.807, 2.05) is 49.4 Å². The van der Waals surface area contributed by atoms with E-state index in [1.165, 1.54) is 4.90 Å². The van der Waals surface area contributed by atoms with Gasteiger partial charge in [0.1, 0.15) is 5.75 Å². The Hall–Kier alpha value is -3.08. The van der Waals surface area contributed by atoms with Gasteiger partial charge < -0.3 is 9.84 Å². The summed E-state index contributed by atoms with van der Waals surface area (Å²) < 4.78 is 5.65. The first kappa shape index (κ1) is 20.6. The maximum atomic E-state index is 13.2. The molecule has 0 aromatic heterocycles. The lowest BCUT2D eigenvalue weighted by molar-refractivity contribution is -0.123. The number of hydrogen-bond acceptors (Lipinski definition) is 4. The molecule has 1 amide bonds. The number of ether oxygens (including phenoxy) is 1. The van der Waals surface area contributed by atoms with Crippen molar-refractivity contribution in [2.45, 2.75) is 40.2 Å². The van der Waals surface area contributed by atoms with E-state index < -0.39 is 23.1 Å². The molecule has 0 saturated heterocycles. The molecule has 0 radical (unpaired) electrons. The highest BCUT2D eigenvalue weighted by Crippen LogP contribution is 2.43. The average molecular weight is 393 g/mol. The SMILES string of the molecule is CCCOc1ccc(C2C(C(=O)C(C)(C)C)=C(O)C(=O)N2c2ccccc2)cc1. The first-order valence-corrected chi connectivity index (χ1v) is 9.85. The van der Waals surface area contributed by atoms with Crippen LogP contribution in [0.1, 0.15) is 45.7 Å². The Bertz CT molecular complexity index is 924. The molecule has 1 aliphatic heterocycles. The van der Waals surface area contributed by atoms with Crippen molar-refractivity contribution in [3.8, 4) is 5.75 Å². The van der Waals surface area contributed by atoms with Gasteiger partial charge in [-0.2, -0.15) is 0 Å². The molecule has 3 rings (SSSR count). The van der Waals surface area contributed by atoms with E-state index in [2.05, 4.69) is 0 Å². The summed E-state index contributed by atoms with van der Waals surface area (Å²) in [6, 6.07) is 15.7. The summed E-state index contributed by atoms with van der Waals surface area (Å²) in [7, 11) is 0. The zero-order chi connectivity index (χ0) is 21.2. The third-order valence-electron chi connectivity index (χ3n) is 4.84. The third-order valence-corrected chi connectivity index (χ3v) is 4.84. The number of aliphatic hydroxyl groups is 1. The molecule has 5 nitrogen and oxygen atoms in total. The highest BCUT2D eigenvalue weighted by molar-refractivity contribution is 6.17. The molecule has 152 valence electrons. The van der Waals surface area contributed by atoms with Gasteiger partial charge in [-0.1, -0.05) is 58.0 Å². The standard InChI is InChI=1S/C24H27NO4/c1-5-15-29-18-13-11-16(12-14-18)20-19(22(27)24(2,3)4)21(26)23(28)25(20)17-9-7-6-8-10-17/h6-14,20,26H,5,15H2,1-4H3. The number of amides is 1. The van der Waals surface area contributed by atoms with E-state index in [1.54, 1.807) is 32.9 Å². The second-order valence-electron chi connectivity index (χ2n) is 8.17. The smallest absolute Gasteiger partial charge is 0.294 e. The molecule has 0 spiro atoms. The number of rotatable bonds is 6. The number of hydrogen-bond donors (Lipinski definition) is 1. The van der Waals surface area contributed by atoms with Gasteiger partial charge in [0.05, 0.1) is 18.2 Å². The van der Waals surface area contributed by atoms with Crippen LogP contribution in [0.2, 0.25) is 0 Å². The quantitative estimate of drug-likeness (QED) is 0.751. The summed E-state index contributed by atoms with van der Waals surface area (Å²) in [6.07, 6.45) is 0.904. The highest BCUT2D eigenvalue weighted by atomic mass is 16.5. The molecule has 5 heteroatoms. The highest BCUT2D eigenvalue weighted by Gasteiger charge is 2.46. The molecular formula is C24H27NO4. The fourth-order valence-electron chi connectivity index (χ4n) is 3.38. The molecule has 1 atom stereocenters. The van der Waals surface area contributed by atoms with E-state index in [0.717, 1.165) is 17.7 Å². The molecule has 1 unspecified atom stereocenters. The number of ketones is 1. The lowest BCUT2D eigenvalue weighted by Crippen LogP contribution is -2.32. The Morgan fingerprint density at radius 1 is 1.07 bits per heavy atom. The first-order chi connectivity index (χ1) is 13.8. The van der Waals surface area contributed by atoms with Crippen LogP contribution in [0.15, 0.2) is 65.9 Å². The van der Waals surface area contributed by atoms with Crippen LogP contribution in [0.25, 0.3) is 0 Å². The monoisotopic (exact) mass is 393 g/mol. The number of nitrogens with zero attached hydrogens (tertiary/aromatic N) is 1. The van der Waals surface area contributed by atoms with Crippen molar-refractivity contribution in [2.75, 3.05) is 11.5 Å². The number of carbonyl (C=O) groups is 2. The molecule has 0 fully saturated rings. The van der Waals surface area contributed by atoms with Gasteiger partial charge in [-0.05, 0) is 36.2 Å². The number of benzene rings is 2. The van der Waals surface area contributed by atoms with Gasteiger partial charge in [-0.25, -0.2) is 0 Å². The van der Waals surface area contributed by atoms with E-state index >= 15 is 0 Å². The number of aliphatic hydroxyl groups excluding tert-OH is 1. The van der Waals surface area contributed by atoms with Gasteiger partial charge in [0.15, 0.2) is 11.5 Å². The van der Waals surface area contributed by atoms with E-state index in [-0.39, 0.29) is 11.4 Å². The fraction of sp³-hybridized carbons (Fsp3) is 0.333. The van der Waals surface area contributed by atoms with E-state index in [4.69, 9.17) is 4.74 Å². The normalized spacial score (nSPS) is 17.0. The number of Topliss-reactive ketones (excluding diaryl/α,β-unsaturated/α-hetero) is 1. The van der Waals surface area contributed by atoms with Crippen LogP contribution in [0.4, 0.5) is 5.69 Å². The first-order valence-electron chi connectivity index (χ1n) is 9.85. The minimum absolute atomic E-state index is 0.133. The number of anilines is 1. The van der Waals surface area contributed by atoms with Crippen LogP contribution < -0.4 is 9.64 Å². The van der Waals surface area contributed by atoms with Crippen molar-refractivity contribution in [2.24, 2.45) is 5.41 Å². The van der Waals surface area contributed by atoms with Crippen LogP contribution in [-0.4, -0.2) is 23.4 Å². The number of para-hydroxylation sites is 1. The van der Waals surface area contributed by atoms with Gasteiger partial charge in [0, 0.05) is 11.1 Å². The number of carbonyl (C=O) groups excluding carboxylic acids is 2. The minimum atomic E-state index is -0.737. The van der Waals surface area contributed by atoms with Crippen LogP contribution in [-0.2, 0) is 9.59 Å². The van der Waals surface area contributed by atoms with Crippen molar-refractivity contribution in [3.05, 3.63) is 71.5 Å². The van der Waals surface area contributed by atoms with Crippen LogP contribution in [0.3, 0.4) is 0 Å². The Balaban J connectivity index is 2.10. The van der Waals surface area contributed by atoms with Crippen molar-refractivity contribution >= 4 is 17.4 Å². The predicted molar refractivity (Wildman–Crippen MR) is 113 cm³/mol. The molecule has 1 N–H and O–H groups in total. The Kier molecular flexibility index (Phi) is 5.78. The lowest BCUT2D eigenvalue weighted by atomic mass is 9.82. The molecule has 2 aromatic rings. The second kappa shape index (κ2) is 8.11. The van der Waals surface area contributed by atoms with Gasteiger partial charge >= 0.3 is 0 Å². The summed E-state index contributed by atoms with van der Waals surface area (Å²) in [5, 5.41) is 10.7. The summed E-state index contributed by atoms with van der Waals surface area (Å²) in [4.78, 5) is 27.6. The molecule has 0 saturated carbocycles. The topological polar surface area (TPSA) is 66.8 Å². The van der Waals surface area contributed by atoms with Gasteiger partial charge in [-0.3, -0.25) is 14.5 Å². The van der Waals surface area contributed by atoms with Gasteiger partial charge in [0.2, 0.25) is 0 Å². The Morgan fingerprint density at radius 3 is 2.24 bits per heavy atom. The van der Waals surface area contributed by atoms with Crippen molar-refractivity contribution in [3.63, 3.8) is 0 Å². The van der Waals surface area contributed by atoms with Crippen molar-refractivity contribution in [1.29, 1.82) is 0 Å². The molecule has 0 aliphatic carbocycles. The average Bonchev–Trinajstić information content (AvgIpc) is 2.97. The molecule has 0 bridgehead atoms. The predicted octanol–water partition coefficient (Wildman–Crippen LogP) is 4.99. The lowest BCUT2D eigenvalue weighted by Gasteiger charge is -2.29. The maximum Gasteiger partial charge on any atom is 0.294 e. The summed E-state index contributed by atoms with van der Waals surface area (Å²) in [6.45, 7) is 8.00. The van der Waals surface area contributed by atoms with Crippen molar-refractivity contribution in [1.82, 2.24) is 0 Å². The van der Waals surface area contributed by atoms with Gasteiger partial charge in [0.25, 0.3) is 5.91 Å². The zero-order valence-electron chi connectivity index (χ0n) is 17.3. The third kappa shape index (κ3) is 4.04. The molecule has 2 aromatic carbocycles. The van der Waals surface area contributed by atoms with Gasteiger partial charge in [-0.15, -0.1) is 0 Å². The summed E-state index contributed by atoms with van der Waals surface area (Å²) >= 11 is 0. The maximum absolute atomic E-state index is 13.2.